The third-order valence-corrected chi connectivity index (χ3v) is 6.77. The molecule has 2 heterocycles. The van der Waals surface area contributed by atoms with Gasteiger partial charge in [0.2, 0.25) is 0 Å². The second-order valence-electron chi connectivity index (χ2n) is 7.63. The summed E-state index contributed by atoms with van der Waals surface area (Å²) >= 11 is 1.69. The van der Waals surface area contributed by atoms with Gasteiger partial charge in [0.25, 0.3) is 0 Å². The van der Waals surface area contributed by atoms with Crippen LogP contribution in [0.15, 0.2) is 42.5 Å². The molecular formula is C23H23NO4S. The zero-order chi connectivity index (χ0) is 20.5. The molecule has 0 bridgehead atoms. The van der Waals surface area contributed by atoms with E-state index < -0.39 is 18.3 Å². The first kappa shape index (κ1) is 19.9. The van der Waals surface area contributed by atoms with Crippen molar-refractivity contribution in [1.82, 2.24) is 0 Å². The minimum Gasteiger partial charge on any atom is -0.508 e. The number of ether oxygens (including phenoxy) is 1. The summed E-state index contributed by atoms with van der Waals surface area (Å²) in [5.74, 6) is -0.266. The van der Waals surface area contributed by atoms with Crippen molar-refractivity contribution >= 4 is 21.4 Å². The number of rotatable bonds is 4. The van der Waals surface area contributed by atoms with Crippen LogP contribution in [0.3, 0.4) is 0 Å². The molecule has 0 radical (unpaired) electrons. The lowest BCUT2D eigenvalue weighted by Gasteiger charge is -2.38. The number of nitriles is 1. The number of aliphatic hydroxyl groups excluding tert-OH is 2. The highest BCUT2D eigenvalue weighted by atomic mass is 32.1. The summed E-state index contributed by atoms with van der Waals surface area (Å²) in [6.07, 6.45) is -0.730. The summed E-state index contributed by atoms with van der Waals surface area (Å²) in [6, 6.07) is 15.7. The van der Waals surface area contributed by atoms with Crippen LogP contribution in [-0.2, 0) is 11.2 Å². The lowest BCUT2D eigenvalue weighted by molar-refractivity contribution is -0.146. The molecule has 5 nitrogen and oxygen atoms in total. The number of aliphatic hydroxyl groups is 2. The van der Waals surface area contributed by atoms with E-state index in [4.69, 9.17) is 4.74 Å². The number of phenolic OH excluding ortho intramolecular Hbond substituents is 1. The molecule has 1 saturated heterocycles. The Balaban J connectivity index is 1.72. The van der Waals surface area contributed by atoms with Crippen molar-refractivity contribution in [2.45, 2.75) is 38.1 Å². The van der Waals surface area contributed by atoms with Crippen LogP contribution < -0.4 is 0 Å². The monoisotopic (exact) mass is 409 g/mol. The van der Waals surface area contributed by atoms with Gasteiger partial charge < -0.3 is 20.1 Å². The van der Waals surface area contributed by atoms with Crippen LogP contribution in [0, 0.1) is 17.2 Å². The van der Waals surface area contributed by atoms with Crippen LogP contribution in [0.5, 0.6) is 5.75 Å². The molecule has 0 amide bonds. The van der Waals surface area contributed by atoms with Crippen LogP contribution in [0.25, 0.3) is 10.1 Å². The Labute approximate surface area is 173 Å². The molecule has 1 fully saturated rings. The molecule has 4 atom stereocenters. The van der Waals surface area contributed by atoms with Gasteiger partial charge in [-0.3, -0.25) is 0 Å². The zero-order valence-corrected chi connectivity index (χ0v) is 16.9. The van der Waals surface area contributed by atoms with Crippen molar-refractivity contribution in [3.63, 3.8) is 0 Å². The highest BCUT2D eigenvalue weighted by molar-refractivity contribution is 7.19. The van der Waals surface area contributed by atoms with Gasteiger partial charge in [-0.05, 0) is 35.2 Å². The molecule has 4 rings (SSSR count). The number of hydrogen-bond acceptors (Lipinski definition) is 6. The summed E-state index contributed by atoms with van der Waals surface area (Å²) in [7, 11) is 0. The summed E-state index contributed by atoms with van der Waals surface area (Å²) in [5, 5.41) is 41.2. The third-order valence-electron chi connectivity index (χ3n) is 5.65. The lowest BCUT2D eigenvalue weighted by Crippen LogP contribution is -2.39. The van der Waals surface area contributed by atoms with Crippen molar-refractivity contribution in [2.24, 2.45) is 5.92 Å². The molecular weight excluding hydrogens is 386 g/mol. The first-order valence-corrected chi connectivity index (χ1v) is 10.5. The second kappa shape index (κ2) is 8.13. The summed E-state index contributed by atoms with van der Waals surface area (Å²) in [5.41, 5.74) is 1.78. The lowest BCUT2D eigenvalue weighted by atomic mass is 9.85. The van der Waals surface area contributed by atoms with Gasteiger partial charge in [-0.1, -0.05) is 25.1 Å². The standard InChI is InChI=1S/C23H23NO4S/c1-13-20(26)10-17(12-25)28-23(13)19-8-15(16(11-24)9-21(19)27)7-18-6-14-4-2-3-5-22(14)29-18/h2-6,8-9,13,17,20,23,25-27H,7,10,12H2,1H3. The molecule has 2 aromatic carbocycles. The largest absolute Gasteiger partial charge is 0.508 e. The van der Waals surface area contributed by atoms with Crippen LogP contribution in [-0.4, -0.2) is 34.1 Å². The Morgan fingerprint density at radius 2 is 2.03 bits per heavy atom. The van der Waals surface area contributed by atoms with Gasteiger partial charge in [0, 0.05) is 33.9 Å². The quantitative estimate of drug-likeness (QED) is 0.608. The average Bonchev–Trinajstić information content (AvgIpc) is 3.13. The minimum absolute atomic E-state index is 0.0238. The number of hydrogen-bond donors (Lipinski definition) is 3. The predicted octanol–water partition coefficient (Wildman–Crippen LogP) is 3.89. The zero-order valence-electron chi connectivity index (χ0n) is 16.1. The Hall–Kier alpha value is -2.43. The van der Waals surface area contributed by atoms with E-state index in [2.05, 4.69) is 24.3 Å². The van der Waals surface area contributed by atoms with Crippen molar-refractivity contribution in [3.05, 3.63) is 64.0 Å². The highest BCUT2D eigenvalue weighted by Crippen LogP contribution is 2.41. The molecule has 29 heavy (non-hydrogen) atoms. The number of aromatic hydroxyl groups is 1. The molecule has 1 aliphatic rings. The maximum absolute atomic E-state index is 10.6. The fraction of sp³-hybridized carbons (Fsp3) is 0.348. The molecule has 1 aliphatic heterocycles. The van der Waals surface area contributed by atoms with Crippen LogP contribution >= 0.6 is 11.3 Å². The Morgan fingerprint density at radius 3 is 2.76 bits per heavy atom. The van der Waals surface area contributed by atoms with E-state index >= 15 is 0 Å². The summed E-state index contributed by atoms with van der Waals surface area (Å²) < 4.78 is 7.15. The Bertz CT molecular complexity index is 1040. The van der Waals surface area contributed by atoms with E-state index in [1.807, 2.05) is 25.1 Å². The minimum atomic E-state index is -0.632. The van der Waals surface area contributed by atoms with E-state index in [1.54, 1.807) is 11.3 Å². The third kappa shape index (κ3) is 3.87. The van der Waals surface area contributed by atoms with E-state index in [9.17, 15) is 20.6 Å². The van der Waals surface area contributed by atoms with E-state index in [-0.39, 0.29) is 18.3 Å². The normalized spacial score (nSPS) is 24.5. The first-order valence-electron chi connectivity index (χ1n) is 9.68. The fourth-order valence-corrected chi connectivity index (χ4v) is 5.08. The number of thiophene rings is 1. The maximum Gasteiger partial charge on any atom is 0.122 e. The van der Waals surface area contributed by atoms with Crippen molar-refractivity contribution in [3.8, 4) is 11.8 Å². The smallest absolute Gasteiger partial charge is 0.122 e. The van der Waals surface area contributed by atoms with Gasteiger partial charge in [-0.15, -0.1) is 11.3 Å². The molecule has 4 unspecified atom stereocenters. The summed E-state index contributed by atoms with van der Waals surface area (Å²) in [6.45, 7) is 1.68. The predicted molar refractivity (Wildman–Crippen MR) is 112 cm³/mol. The molecule has 3 N–H and O–H groups in total. The number of fused-ring (bicyclic) bond motifs is 1. The number of benzene rings is 2. The molecule has 0 saturated carbocycles. The van der Waals surface area contributed by atoms with Gasteiger partial charge in [0.05, 0.1) is 36.6 Å². The van der Waals surface area contributed by atoms with Crippen molar-refractivity contribution in [1.29, 1.82) is 5.26 Å². The molecule has 0 aliphatic carbocycles. The first-order chi connectivity index (χ1) is 14.0. The van der Waals surface area contributed by atoms with E-state index in [0.717, 1.165) is 10.4 Å². The Kier molecular flexibility index (Phi) is 5.57. The van der Waals surface area contributed by atoms with Gasteiger partial charge >= 0.3 is 0 Å². The summed E-state index contributed by atoms with van der Waals surface area (Å²) in [4.78, 5) is 1.13. The van der Waals surface area contributed by atoms with Gasteiger partial charge in [-0.2, -0.15) is 5.26 Å². The van der Waals surface area contributed by atoms with E-state index in [1.165, 1.54) is 16.2 Å². The number of nitrogens with zero attached hydrogens (tertiary/aromatic N) is 1. The second-order valence-corrected chi connectivity index (χ2v) is 8.80. The topological polar surface area (TPSA) is 93.7 Å². The van der Waals surface area contributed by atoms with Crippen LogP contribution in [0.2, 0.25) is 0 Å². The molecule has 3 aromatic rings. The van der Waals surface area contributed by atoms with Gasteiger partial charge in [0.1, 0.15) is 5.75 Å². The highest BCUT2D eigenvalue weighted by Gasteiger charge is 2.37. The fourth-order valence-electron chi connectivity index (χ4n) is 3.99. The van der Waals surface area contributed by atoms with Crippen LogP contribution in [0.4, 0.5) is 0 Å². The van der Waals surface area contributed by atoms with Gasteiger partial charge in [-0.25, -0.2) is 0 Å². The molecule has 6 heteroatoms. The Morgan fingerprint density at radius 1 is 1.24 bits per heavy atom. The molecule has 1 aromatic heterocycles. The number of phenols is 1. The average molecular weight is 410 g/mol. The van der Waals surface area contributed by atoms with Crippen molar-refractivity contribution < 1.29 is 20.1 Å². The van der Waals surface area contributed by atoms with Crippen molar-refractivity contribution in [2.75, 3.05) is 6.61 Å². The SMILES string of the molecule is CC1C(O)CC(CO)OC1c1cc(Cc2cc3ccccc3s2)c(C#N)cc1O. The van der Waals surface area contributed by atoms with E-state index in [0.29, 0.717) is 24.0 Å². The van der Waals surface area contributed by atoms with Crippen LogP contribution in [0.1, 0.15) is 41.0 Å². The molecule has 0 spiro atoms. The molecule has 150 valence electrons. The van der Waals surface area contributed by atoms with Gasteiger partial charge in [0.15, 0.2) is 0 Å². The maximum atomic E-state index is 10.6.